The summed E-state index contributed by atoms with van der Waals surface area (Å²) in [5.41, 5.74) is 0.860. The average Bonchev–Trinajstić information content (AvgIpc) is 3.26. The highest BCUT2D eigenvalue weighted by Crippen LogP contribution is 2.35. The van der Waals surface area contributed by atoms with Crippen molar-refractivity contribution in [3.8, 4) is 0 Å². The van der Waals surface area contributed by atoms with Crippen molar-refractivity contribution in [3.63, 3.8) is 0 Å². The minimum atomic E-state index is -0.598. The average molecular weight is 528 g/mol. The van der Waals surface area contributed by atoms with E-state index in [1.165, 1.54) is 20.4 Å². The Kier molecular flexibility index (Phi) is 8.11. The van der Waals surface area contributed by atoms with Crippen LogP contribution in [0.1, 0.15) is 46.6 Å². The van der Waals surface area contributed by atoms with Gasteiger partial charge in [-0.15, -0.1) is 0 Å². The number of hydrogen-bond donors (Lipinski definition) is 2. The Hall–Kier alpha value is -3.47. The number of hydroxylamine groups is 2. The maximum absolute atomic E-state index is 13.3. The first-order valence-electron chi connectivity index (χ1n) is 12.0. The first-order valence-corrected chi connectivity index (χ1v) is 12.3. The number of nitrogens with zero attached hydrogens (tertiary/aromatic N) is 3. The zero-order chi connectivity index (χ0) is 26.7. The fourth-order valence-electron chi connectivity index (χ4n) is 4.48. The molecule has 4 rings (SSSR count). The van der Waals surface area contributed by atoms with Gasteiger partial charge in [0.05, 0.1) is 12.1 Å². The molecule has 2 heterocycles. The molecule has 1 fully saturated rings. The third-order valence-corrected chi connectivity index (χ3v) is 6.94. The van der Waals surface area contributed by atoms with Gasteiger partial charge in [0.25, 0.3) is 11.8 Å². The number of halogens is 1. The molecule has 1 saturated carbocycles. The lowest BCUT2D eigenvalue weighted by Crippen LogP contribution is -2.35. The highest BCUT2D eigenvalue weighted by Gasteiger charge is 2.30. The molecule has 0 bridgehead atoms. The molecule has 2 N–H and O–H groups in total. The second-order valence-corrected chi connectivity index (χ2v) is 9.71. The molecule has 0 unspecified atom stereocenters. The molecule has 196 valence electrons. The molecule has 1 aliphatic carbocycles. The van der Waals surface area contributed by atoms with Crippen LogP contribution >= 0.6 is 11.6 Å². The van der Waals surface area contributed by atoms with Gasteiger partial charge in [0.2, 0.25) is 11.7 Å². The summed E-state index contributed by atoms with van der Waals surface area (Å²) in [6.45, 7) is 0. The standard InChI is InChI=1S/C26H30ClN5O5/c1-31(2)18-9-5-15(6-10-18)24(33)30-22-19-13-16(26(35)32(3)36-4)7-11-20(19)37-23(22)25(34)29-21-12-8-17(27)14-28-21/h7-8,11-15,18H,5-6,9-10H2,1-4H3,(H,30,33)(H,28,29,34). The van der Waals surface area contributed by atoms with E-state index >= 15 is 0 Å². The van der Waals surface area contributed by atoms with E-state index in [2.05, 4.69) is 20.5 Å². The van der Waals surface area contributed by atoms with Crippen LogP contribution in [0.4, 0.5) is 11.5 Å². The number of benzene rings is 1. The van der Waals surface area contributed by atoms with E-state index in [9.17, 15) is 14.4 Å². The quantitative estimate of drug-likeness (QED) is 0.436. The van der Waals surface area contributed by atoms with Crippen LogP contribution in [0.3, 0.4) is 0 Å². The summed E-state index contributed by atoms with van der Waals surface area (Å²) < 4.78 is 5.87. The molecule has 0 spiro atoms. The van der Waals surface area contributed by atoms with Crippen molar-refractivity contribution in [2.24, 2.45) is 5.92 Å². The number of hydrogen-bond acceptors (Lipinski definition) is 7. The molecule has 37 heavy (non-hydrogen) atoms. The van der Waals surface area contributed by atoms with Crippen LogP contribution in [-0.2, 0) is 9.63 Å². The van der Waals surface area contributed by atoms with Gasteiger partial charge in [-0.05, 0) is 70.1 Å². The first kappa shape index (κ1) is 26.6. The Morgan fingerprint density at radius 2 is 1.78 bits per heavy atom. The van der Waals surface area contributed by atoms with Gasteiger partial charge < -0.3 is 20.0 Å². The van der Waals surface area contributed by atoms with Crippen molar-refractivity contribution in [2.45, 2.75) is 31.7 Å². The summed E-state index contributed by atoms with van der Waals surface area (Å²) in [7, 11) is 6.97. The number of aromatic nitrogens is 1. The summed E-state index contributed by atoms with van der Waals surface area (Å²) in [5, 5.41) is 7.54. The Balaban J connectivity index is 1.67. The third-order valence-electron chi connectivity index (χ3n) is 6.72. The Labute approximate surface area is 219 Å². The van der Waals surface area contributed by atoms with E-state index < -0.39 is 5.91 Å². The molecule has 10 nitrogen and oxygen atoms in total. The maximum atomic E-state index is 13.3. The molecule has 2 aromatic heterocycles. The normalized spacial score (nSPS) is 17.6. The minimum Gasteiger partial charge on any atom is -0.449 e. The summed E-state index contributed by atoms with van der Waals surface area (Å²) in [6.07, 6.45) is 4.71. The SMILES string of the molecule is CON(C)C(=O)c1ccc2oc(C(=O)Nc3ccc(Cl)cn3)c(NC(=O)C3CCC(N(C)C)CC3)c2c1. The third kappa shape index (κ3) is 5.93. The van der Waals surface area contributed by atoms with Crippen molar-refractivity contribution >= 4 is 51.8 Å². The lowest BCUT2D eigenvalue weighted by Gasteiger charge is -2.31. The van der Waals surface area contributed by atoms with Crippen LogP contribution < -0.4 is 10.6 Å². The van der Waals surface area contributed by atoms with Gasteiger partial charge in [-0.2, -0.15) is 0 Å². The van der Waals surface area contributed by atoms with E-state index in [0.717, 1.165) is 30.7 Å². The molecule has 0 aliphatic heterocycles. The minimum absolute atomic E-state index is 0.0910. The zero-order valence-electron chi connectivity index (χ0n) is 21.2. The summed E-state index contributed by atoms with van der Waals surface area (Å²) >= 11 is 5.89. The maximum Gasteiger partial charge on any atom is 0.294 e. The highest BCUT2D eigenvalue weighted by molar-refractivity contribution is 6.30. The molecule has 1 aliphatic rings. The fraction of sp³-hybridized carbons (Fsp3) is 0.385. The molecule has 0 saturated heterocycles. The van der Waals surface area contributed by atoms with E-state index in [1.54, 1.807) is 30.3 Å². The fourth-order valence-corrected chi connectivity index (χ4v) is 4.59. The van der Waals surface area contributed by atoms with Crippen LogP contribution in [0.15, 0.2) is 40.9 Å². The molecular weight excluding hydrogens is 498 g/mol. The highest BCUT2D eigenvalue weighted by atomic mass is 35.5. The van der Waals surface area contributed by atoms with Gasteiger partial charge in [0.15, 0.2) is 0 Å². The summed E-state index contributed by atoms with van der Waals surface area (Å²) in [6, 6.07) is 8.33. The van der Waals surface area contributed by atoms with E-state index in [0.29, 0.717) is 27.6 Å². The second-order valence-electron chi connectivity index (χ2n) is 9.28. The van der Waals surface area contributed by atoms with Gasteiger partial charge in [0.1, 0.15) is 17.1 Å². The lowest BCUT2D eigenvalue weighted by atomic mass is 9.85. The molecule has 11 heteroatoms. The van der Waals surface area contributed by atoms with Crippen molar-refractivity contribution in [2.75, 3.05) is 38.9 Å². The zero-order valence-corrected chi connectivity index (χ0v) is 22.0. The molecular formula is C26H30ClN5O5. The number of anilines is 2. The smallest absolute Gasteiger partial charge is 0.294 e. The van der Waals surface area contributed by atoms with Gasteiger partial charge in [-0.3, -0.25) is 19.2 Å². The van der Waals surface area contributed by atoms with Gasteiger partial charge in [-0.25, -0.2) is 10.0 Å². The number of rotatable bonds is 7. The number of carbonyl (C=O) groups is 3. The van der Waals surface area contributed by atoms with E-state index in [1.807, 2.05) is 14.1 Å². The van der Waals surface area contributed by atoms with Crippen LogP contribution in [-0.4, -0.2) is 67.0 Å². The second kappa shape index (κ2) is 11.3. The number of carbonyl (C=O) groups excluding carboxylic acids is 3. The Morgan fingerprint density at radius 1 is 1.05 bits per heavy atom. The number of furan rings is 1. The number of nitrogens with one attached hydrogen (secondary N) is 2. The van der Waals surface area contributed by atoms with Gasteiger partial charge >= 0.3 is 0 Å². The summed E-state index contributed by atoms with van der Waals surface area (Å²) in [5.74, 6) is -1.19. The molecule has 3 amide bonds. The number of amides is 3. The van der Waals surface area contributed by atoms with E-state index in [-0.39, 0.29) is 35.0 Å². The van der Waals surface area contributed by atoms with Gasteiger partial charge in [0, 0.05) is 36.2 Å². The summed E-state index contributed by atoms with van der Waals surface area (Å²) in [4.78, 5) is 50.5. The van der Waals surface area contributed by atoms with Crippen molar-refractivity contribution in [1.82, 2.24) is 14.9 Å². The largest absolute Gasteiger partial charge is 0.449 e. The van der Waals surface area contributed by atoms with Gasteiger partial charge in [-0.1, -0.05) is 11.6 Å². The Morgan fingerprint density at radius 3 is 2.41 bits per heavy atom. The van der Waals surface area contributed by atoms with Crippen molar-refractivity contribution in [1.29, 1.82) is 0 Å². The van der Waals surface area contributed by atoms with Crippen molar-refractivity contribution < 1.29 is 23.6 Å². The predicted molar refractivity (Wildman–Crippen MR) is 141 cm³/mol. The molecule has 1 aromatic carbocycles. The van der Waals surface area contributed by atoms with Crippen LogP contribution in [0.2, 0.25) is 5.02 Å². The number of pyridine rings is 1. The number of fused-ring (bicyclic) bond motifs is 1. The lowest BCUT2D eigenvalue weighted by molar-refractivity contribution is -0.121. The Bertz CT molecular complexity index is 1300. The predicted octanol–water partition coefficient (Wildman–Crippen LogP) is 4.43. The molecule has 0 radical (unpaired) electrons. The molecule has 3 aromatic rings. The molecule has 0 atom stereocenters. The van der Waals surface area contributed by atoms with E-state index in [4.69, 9.17) is 20.9 Å². The van der Waals surface area contributed by atoms with Crippen LogP contribution in [0.25, 0.3) is 11.0 Å². The monoisotopic (exact) mass is 527 g/mol. The van der Waals surface area contributed by atoms with Crippen LogP contribution in [0, 0.1) is 5.92 Å². The van der Waals surface area contributed by atoms with Crippen LogP contribution in [0.5, 0.6) is 0 Å². The van der Waals surface area contributed by atoms with Crippen molar-refractivity contribution in [3.05, 3.63) is 52.9 Å². The first-order chi connectivity index (χ1) is 17.7. The topological polar surface area (TPSA) is 117 Å².